The van der Waals surface area contributed by atoms with Crippen LogP contribution in [0.3, 0.4) is 0 Å². The Balaban J connectivity index is 3.05. The fourth-order valence-corrected chi connectivity index (χ4v) is 2.27. The second kappa shape index (κ2) is 20.1. The van der Waals surface area contributed by atoms with E-state index < -0.39 is 5.97 Å². The van der Waals surface area contributed by atoms with E-state index in [1.165, 1.54) is 23.7 Å². The number of halogens is 1. The zero-order valence-electron chi connectivity index (χ0n) is 15.4. The molecule has 0 heterocycles. The predicted molar refractivity (Wildman–Crippen MR) is 106 cm³/mol. The summed E-state index contributed by atoms with van der Waals surface area (Å²) in [5.41, 5.74) is 0.389. The van der Waals surface area contributed by atoms with Gasteiger partial charge in [0.2, 0.25) is 0 Å². The number of carbonyl (C=O) groups excluding carboxylic acids is 1. The number of carbonyl (C=O) groups is 1. The van der Waals surface area contributed by atoms with Gasteiger partial charge in [-0.2, -0.15) is 0 Å². The predicted octanol–water partition coefficient (Wildman–Crippen LogP) is 3.17. The Kier molecular flexibility index (Phi) is 19.9. The maximum atomic E-state index is 11.1. The Bertz CT molecular complexity index is 325. The van der Waals surface area contributed by atoms with Crippen LogP contribution in [-0.2, 0) is 28.5 Å². The summed E-state index contributed by atoms with van der Waals surface area (Å²) in [5, 5.41) is 0. The molecule has 0 aliphatic rings. The van der Waals surface area contributed by atoms with Crippen LogP contribution in [0, 0.1) is 0 Å². The second-order valence-corrected chi connectivity index (χ2v) is 6.55. The van der Waals surface area contributed by atoms with E-state index >= 15 is 0 Å². The lowest BCUT2D eigenvalue weighted by Crippen LogP contribution is -2.14. The molecule has 0 aromatic rings. The monoisotopic (exact) mass is 472 g/mol. The highest BCUT2D eigenvalue weighted by atomic mass is 127. The number of unbranched alkanes of at least 4 members (excludes halogenated alkanes) is 3. The molecule has 0 bridgehead atoms. The standard InChI is InChI=1S/C18H33IO6/c1-17(2)18(20)25-16-15-24-14-13-23-12-11-22-10-9-21-8-6-4-3-5-7-19/h1,3-16H2,2H3. The van der Waals surface area contributed by atoms with Gasteiger partial charge >= 0.3 is 5.97 Å². The van der Waals surface area contributed by atoms with Crippen molar-refractivity contribution in [2.24, 2.45) is 0 Å². The highest BCUT2D eigenvalue weighted by Gasteiger charge is 2.01. The van der Waals surface area contributed by atoms with E-state index in [2.05, 4.69) is 29.2 Å². The molecule has 0 saturated heterocycles. The van der Waals surface area contributed by atoms with Crippen molar-refractivity contribution >= 4 is 28.6 Å². The first-order valence-corrected chi connectivity index (χ1v) is 10.4. The van der Waals surface area contributed by atoms with Gasteiger partial charge in [0.15, 0.2) is 0 Å². The lowest BCUT2D eigenvalue weighted by Gasteiger charge is -2.08. The summed E-state index contributed by atoms with van der Waals surface area (Å²) in [6, 6.07) is 0. The summed E-state index contributed by atoms with van der Waals surface area (Å²) in [5.74, 6) is -0.392. The normalized spacial score (nSPS) is 10.8. The summed E-state index contributed by atoms with van der Waals surface area (Å²) < 4.78 is 27.7. The minimum absolute atomic E-state index is 0.229. The van der Waals surface area contributed by atoms with E-state index in [9.17, 15) is 4.79 Å². The van der Waals surface area contributed by atoms with Crippen LogP contribution < -0.4 is 0 Å². The topological polar surface area (TPSA) is 63.2 Å². The first kappa shape index (κ1) is 24.8. The van der Waals surface area contributed by atoms with Crippen LogP contribution in [0.2, 0.25) is 0 Å². The number of rotatable bonds is 19. The summed E-state index contributed by atoms with van der Waals surface area (Å²) in [6.45, 7) is 9.79. The second-order valence-electron chi connectivity index (χ2n) is 5.47. The van der Waals surface area contributed by atoms with E-state index in [1.54, 1.807) is 6.92 Å². The molecule has 0 aromatic heterocycles. The number of hydrogen-bond acceptors (Lipinski definition) is 6. The van der Waals surface area contributed by atoms with Crippen LogP contribution >= 0.6 is 22.6 Å². The molecule has 0 aliphatic carbocycles. The molecule has 25 heavy (non-hydrogen) atoms. The number of esters is 1. The van der Waals surface area contributed by atoms with Crippen molar-refractivity contribution in [3.63, 3.8) is 0 Å². The molecular formula is C18H33IO6. The van der Waals surface area contributed by atoms with Gasteiger partial charge in [0.25, 0.3) is 0 Å². The Labute approximate surface area is 165 Å². The Morgan fingerprint density at radius 1 is 0.720 bits per heavy atom. The van der Waals surface area contributed by atoms with E-state index in [4.69, 9.17) is 23.7 Å². The third-order valence-corrected chi connectivity index (χ3v) is 3.86. The highest BCUT2D eigenvalue weighted by molar-refractivity contribution is 14.1. The summed E-state index contributed by atoms with van der Waals surface area (Å²) >= 11 is 2.41. The zero-order valence-corrected chi connectivity index (χ0v) is 17.6. The van der Waals surface area contributed by atoms with Crippen molar-refractivity contribution in [3.8, 4) is 0 Å². The molecule has 148 valence electrons. The van der Waals surface area contributed by atoms with Gasteiger partial charge in [0.05, 0.1) is 46.2 Å². The fourth-order valence-electron chi connectivity index (χ4n) is 1.73. The van der Waals surface area contributed by atoms with Crippen molar-refractivity contribution < 1.29 is 28.5 Å². The zero-order chi connectivity index (χ0) is 18.6. The van der Waals surface area contributed by atoms with Gasteiger partial charge in [-0.3, -0.25) is 0 Å². The number of hydrogen-bond donors (Lipinski definition) is 0. The van der Waals surface area contributed by atoms with Crippen LogP contribution in [0.5, 0.6) is 0 Å². The quantitative estimate of drug-likeness (QED) is 0.0947. The molecule has 0 atom stereocenters. The van der Waals surface area contributed by atoms with Crippen molar-refractivity contribution in [1.82, 2.24) is 0 Å². The Hall–Kier alpha value is -0.220. The molecule has 0 radical (unpaired) electrons. The third-order valence-electron chi connectivity index (χ3n) is 3.10. The Morgan fingerprint density at radius 3 is 1.64 bits per heavy atom. The maximum Gasteiger partial charge on any atom is 0.333 e. The van der Waals surface area contributed by atoms with Crippen LogP contribution in [0.15, 0.2) is 12.2 Å². The van der Waals surface area contributed by atoms with Crippen LogP contribution in [-0.4, -0.2) is 69.9 Å². The molecule has 0 unspecified atom stereocenters. The first-order chi connectivity index (χ1) is 12.2. The SMILES string of the molecule is C=C(C)C(=O)OCCOCCOCCOCCOCCCCCCI. The number of alkyl halides is 1. The molecule has 6 nitrogen and oxygen atoms in total. The van der Waals surface area contributed by atoms with Crippen LogP contribution in [0.25, 0.3) is 0 Å². The highest BCUT2D eigenvalue weighted by Crippen LogP contribution is 2.02. The van der Waals surface area contributed by atoms with Gasteiger partial charge in [-0.1, -0.05) is 42.0 Å². The van der Waals surface area contributed by atoms with Crippen molar-refractivity contribution in [2.75, 3.05) is 63.9 Å². The minimum Gasteiger partial charge on any atom is -0.460 e. The molecule has 0 N–H and O–H groups in total. The van der Waals surface area contributed by atoms with Gasteiger partial charge < -0.3 is 23.7 Å². The lowest BCUT2D eigenvalue weighted by molar-refractivity contribution is -0.140. The summed E-state index contributed by atoms with van der Waals surface area (Å²) in [4.78, 5) is 11.1. The molecule has 0 aromatic carbocycles. The van der Waals surface area contributed by atoms with Gasteiger partial charge in [0.1, 0.15) is 6.61 Å². The van der Waals surface area contributed by atoms with Gasteiger partial charge in [-0.25, -0.2) is 4.79 Å². The maximum absolute atomic E-state index is 11.1. The molecule has 7 heteroatoms. The largest absolute Gasteiger partial charge is 0.460 e. The smallest absolute Gasteiger partial charge is 0.333 e. The van der Waals surface area contributed by atoms with E-state index in [0.717, 1.165) is 13.0 Å². The molecule has 0 aliphatic heterocycles. The summed E-state index contributed by atoms with van der Waals surface area (Å²) in [7, 11) is 0. The molecule has 0 fully saturated rings. The van der Waals surface area contributed by atoms with Crippen molar-refractivity contribution in [2.45, 2.75) is 32.6 Å². The van der Waals surface area contributed by atoms with Crippen LogP contribution in [0.4, 0.5) is 0 Å². The fraction of sp³-hybridized carbons (Fsp3) is 0.833. The van der Waals surface area contributed by atoms with E-state index in [0.29, 0.717) is 51.8 Å². The minimum atomic E-state index is -0.392. The molecule has 0 saturated carbocycles. The number of ether oxygens (including phenoxy) is 5. The van der Waals surface area contributed by atoms with Gasteiger partial charge in [0, 0.05) is 12.2 Å². The first-order valence-electron chi connectivity index (χ1n) is 8.88. The van der Waals surface area contributed by atoms with Gasteiger partial charge in [-0.05, 0) is 24.2 Å². The molecular weight excluding hydrogens is 439 g/mol. The summed E-state index contributed by atoms with van der Waals surface area (Å²) in [6.07, 6.45) is 4.98. The molecule has 0 spiro atoms. The van der Waals surface area contributed by atoms with Crippen molar-refractivity contribution in [3.05, 3.63) is 12.2 Å². The van der Waals surface area contributed by atoms with Crippen molar-refractivity contribution in [1.29, 1.82) is 0 Å². The van der Waals surface area contributed by atoms with Gasteiger partial charge in [-0.15, -0.1) is 0 Å². The van der Waals surface area contributed by atoms with Crippen LogP contribution in [0.1, 0.15) is 32.6 Å². The Morgan fingerprint density at radius 2 is 1.16 bits per heavy atom. The average Bonchev–Trinajstić information content (AvgIpc) is 2.60. The third kappa shape index (κ3) is 19.9. The molecule has 0 rings (SSSR count). The van der Waals surface area contributed by atoms with E-state index in [1.807, 2.05) is 0 Å². The average molecular weight is 472 g/mol. The lowest BCUT2D eigenvalue weighted by atomic mass is 10.2. The van der Waals surface area contributed by atoms with E-state index in [-0.39, 0.29) is 6.61 Å². The molecule has 0 amide bonds.